The Bertz CT molecular complexity index is 519. The van der Waals surface area contributed by atoms with Gasteiger partial charge < -0.3 is 15.5 Å². The zero-order chi connectivity index (χ0) is 13.5. The van der Waals surface area contributed by atoms with Crippen molar-refractivity contribution in [3.63, 3.8) is 0 Å². The van der Waals surface area contributed by atoms with Crippen LogP contribution in [0.3, 0.4) is 0 Å². The summed E-state index contributed by atoms with van der Waals surface area (Å²) in [6.45, 7) is 1.69. The molecule has 100 valence electrons. The second-order valence-electron chi connectivity index (χ2n) is 5.21. The number of nitrogens with zero attached hydrogens (tertiary/aromatic N) is 3. The maximum atomic E-state index is 12.6. The predicted molar refractivity (Wildman–Crippen MR) is 69.4 cm³/mol. The Morgan fingerprint density at radius 3 is 2.79 bits per heavy atom. The SMILES string of the molecule is NC(=O)N1CC[C@@]2(CCN(c3cccnc3)C2=O)C1. The number of carbonyl (C=O) groups is 2. The number of nitrogens with two attached hydrogens (primary N) is 1. The molecule has 0 radical (unpaired) electrons. The van der Waals surface area contributed by atoms with Gasteiger partial charge in [-0.15, -0.1) is 0 Å². The van der Waals surface area contributed by atoms with Gasteiger partial charge in [0.25, 0.3) is 0 Å². The summed E-state index contributed by atoms with van der Waals surface area (Å²) in [5.41, 5.74) is 5.67. The third kappa shape index (κ3) is 1.83. The van der Waals surface area contributed by atoms with Gasteiger partial charge in [-0.25, -0.2) is 4.79 Å². The maximum Gasteiger partial charge on any atom is 0.314 e. The highest BCUT2D eigenvalue weighted by atomic mass is 16.2. The lowest BCUT2D eigenvalue weighted by Gasteiger charge is -2.22. The lowest BCUT2D eigenvalue weighted by molar-refractivity contribution is -0.124. The van der Waals surface area contributed by atoms with Crippen molar-refractivity contribution in [1.29, 1.82) is 0 Å². The van der Waals surface area contributed by atoms with E-state index in [0.29, 0.717) is 26.1 Å². The van der Waals surface area contributed by atoms with Gasteiger partial charge in [0.1, 0.15) is 0 Å². The van der Waals surface area contributed by atoms with Crippen molar-refractivity contribution in [2.45, 2.75) is 12.8 Å². The van der Waals surface area contributed by atoms with Crippen molar-refractivity contribution >= 4 is 17.6 Å². The molecule has 2 fully saturated rings. The molecule has 2 saturated heterocycles. The van der Waals surface area contributed by atoms with E-state index in [0.717, 1.165) is 12.1 Å². The molecule has 3 rings (SSSR count). The fourth-order valence-electron chi connectivity index (χ4n) is 3.02. The van der Waals surface area contributed by atoms with E-state index in [-0.39, 0.29) is 5.91 Å². The Morgan fingerprint density at radius 1 is 1.37 bits per heavy atom. The van der Waals surface area contributed by atoms with E-state index in [2.05, 4.69) is 4.98 Å². The summed E-state index contributed by atoms with van der Waals surface area (Å²) in [5.74, 6) is 0.0873. The molecule has 0 saturated carbocycles. The van der Waals surface area contributed by atoms with E-state index in [1.165, 1.54) is 0 Å². The molecule has 6 nitrogen and oxygen atoms in total. The monoisotopic (exact) mass is 260 g/mol. The van der Waals surface area contributed by atoms with Gasteiger partial charge in [-0.3, -0.25) is 9.78 Å². The minimum Gasteiger partial charge on any atom is -0.351 e. The van der Waals surface area contributed by atoms with Crippen LogP contribution in [0, 0.1) is 5.41 Å². The van der Waals surface area contributed by atoms with Crippen LogP contribution in [0.25, 0.3) is 0 Å². The van der Waals surface area contributed by atoms with Gasteiger partial charge in [-0.05, 0) is 25.0 Å². The first-order valence-electron chi connectivity index (χ1n) is 6.39. The summed E-state index contributed by atoms with van der Waals surface area (Å²) in [6, 6.07) is 3.26. The molecule has 3 heterocycles. The molecule has 1 aromatic rings. The molecule has 1 atom stereocenters. The molecule has 0 unspecified atom stereocenters. The average Bonchev–Trinajstić information content (AvgIpc) is 2.98. The Balaban J connectivity index is 1.82. The summed E-state index contributed by atoms with van der Waals surface area (Å²) in [5, 5.41) is 0. The zero-order valence-corrected chi connectivity index (χ0v) is 10.6. The van der Waals surface area contributed by atoms with Gasteiger partial charge >= 0.3 is 6.03 Å². The normalized spacial score (nSPS) is 26.4. The van der Waals surface area contributed by atoms with E-state index >= 15 is 0 Å². The summed E-state index contributed by atoms with van der Waals surface area (Å²) in [7, 11) is 0. The van der Waals surface area contributed by atoms with Gasteiger partial charge in [0.2, 0.25) is 5.91 Å². The van der Waals surface area contributed by atoms with Gasteiger partial charge in [0.15, 0.2) is 0 Å². The molecular weight excluding hydrogens is 244 g/mol. The number of carbonyl (C=O) groups excluding carboxylic acids is 2. The lowest BCUT2D eigenvalue weighted by Crippen LogP contribution is -2.40. The Morgan fingerprint density at radius 2 is 2.16 bits per heavy atom. The van der Waals surface area contributed by atoms with Crippen LogP contribution in [-0.4, -0.2) is 41.5 Å². The van der Waals surface area contributed by atoms with Crippen LogP contribution in [0.5, 0.6) is 0 Å². The molecule has 3 amide bonds. The number of hydrogen-bond donors (Lipinski definition) is 1. The third-order valence-corrected chi connectivity index (χ3v) is 4.14. The molecule has 0 bridgehead atoms. The van der Waals surface area contributed by atoms with Crippen molar-refractivity contribution in [2.75, 3.05) is 24.5 Å². The highest BCUT2D eigenvalue weighted by Gasteiger charge is 2.51. The van der Waals surface area contributed by atoms with Crippen LogP contribution < -0.4 is 10.6 Å². The van der Waals surface area contributed by atoms with Crippen LogP contribution in [0.1, 0.15) is 12.8 Å². The minimum atomic E-state index is -0.440. The quantitative estimate of drug-likeness (QED) is 0.802. The van der Waals surface area contributed by atoms with Crippen LogP contribution in [0.2, 0.25) is 0 Å². The fraction of sp³-hybridized carbons (Fsp3) is 0.462. The molecule has 2 N–H and O–H groups in total. The largest absolute Gasteiger partial charge is 0.351 e. The van der Waals surface area contributed by atoms with Crippen molar-refractivity contribution < 1.29 is 9.59 Å². The van der Waals surface area contributed by atoms with E-state index < -0.39 is 11.4 Å². The molecule has 19 heavy (non-hydrogen) atoms. The molecule has 0 aliphatic carbocycles. The third-order valence-electron chi connectivity index (χ3n) is 4.14. The first kappa shape index (κ1) is 12.0. The number of urea groups is 1. The number of hydrogen-bond acceptors (Lipinski definition) is 3. The van der Waals surface area contributed by atoms with Crippen molar-refractivity contribution in [3.05, 3.63) is 24.5 Å². The van der Waals surface area contributed by atoms with Crippen LogP contribution in [0.4, 0.5) is 10.5 Å². The molecule has 2 aliphatic rings. The highest BCUT2D eigenvalue weighted by Crippen LogP contribution is 2.41. The topological polar surface area (TPSA) is 79.5 Å². The zero-order valence-electron chi connectivity index (χ0n) is 10.6. The van der Waals surface area contributed by atoms with Crippen molar-refractivity contribution in [2.24, 2.45) is 11.1 Å². The Labute approximate surface area is 111 Å². The molecule has 0 aromatic carbocycles. The molecular formula is C13H16N4O2. The summed E-state index contributed by atoms with van der Waals surface area (Å²) in [4.78, 5) is 31.2. The number of pyridine rings is 1. The van der Waals surface area contributed by atoms with Crippen LogP contribution in [0.15, 0.2) is 24.5 Å². The molecule has 1 spiro atoms. The van der Waals surface area contributed by atoms with E-state index in [9.17, 15) is 9.59 Å². The first-order valence-corrected chi connectivity index (χ1v) is 6.39. The number of primary amides is 1. The number of amides is 3. The Kier molecular flexibility index (Phi) is 2.66. The number of rotatable bonds is 1. The van der Waals surface area contributed by atoms with Crippen molar-refractivity contribution in [3.8, 4) is 0 Å². The molecule has 6 heteroatoms. The molecule has 1 aromatic heterocycles. The van der Waals surface area contributed by atoms with Gasteiger partial charge in [0.05, 0.1) is 17.3 Å². The second-order valence-corrected chi connectivity index (χ2v) is 5.21. The first-order chi connectivity index (χ1) is 9.12. The summed E-state index contributed by atoms with van der Waals surface area (Å²) < 4.78 is 0. The predicted octanol–water partition coefficient (Wildman–Crippen LogP) is 0.589. The minimum absolute atomic E-state index is 0.0873. The standard InChI is InChI=1S/C13H16N4O2/c14-12(19)16-6-3-13(9-16)4-7-17(11(13)18)10-2-1-5-15-8-10/h1-2,5,8H,3-4,6-7,9H2,(H2,14,19)/t13-/m1/s1. The van der Waals surface area contributed by atoms with Crippen LogP contribution in [-0.2, 0) is 4.79 Å². The van der Waals surface area contributed by atoms with Gasteiger partial charge in [0, 0.05) is 25.8 Å². The summed E-state index contributed by atoms with van der Waals surface area (Å²) in [6.07, 6.45) is 4.85. The van der Waals surface area contributed by atoms with E-state index in [1.807, 2.05) is 12.1 Å². The fourth-order valence-corrected chi connectivity index (χ4v) is 3.02. The Hall–Kier alpha value is -2.11. The van der Waals surface area contributed by atoms with Crippen LogP contribution >= 0.6 is 0 Å². The second kappa shape index (κ2) is 4.22. The maximum absolute atomic E-state index is 12.6. The van der Waals surface area contributed by atoms with Crippen molar-refractivity contribution in [1.82, 2.24) is 9.88 Å². The lowest BCUT2D eigenvalue weighted by atomic mass is 9.85. The number of anilines is 1. The highest BCUT2D eigenvalue weighted by molar-refractivity contribution is 6.00. The van der Waals surface area contributed by atoms with Gasteiger partial charge in [-0.1, -0.05) is 0 Å². The number of likely N-dealkylation sites (tertiary alicyclic amines) is 1. The molecule has 2 aliphatic heterocycles. The summed E-state index contributed by atoms with van der Waals surface area (Å²) >= 11 is 0. The number of aromatic nitrogens is 1. The van der Waals surface area contributed by atoms with Gasteiger partial charge in [-0.2, -0.15) is 0 Å². The smallest absolute Gasteiger partial charge is 0.314 e. The average molecular weight is 260 g/mol. The van der Waals surface area contributed by atoms with E-state index in [1.54, 1.807) is 22.2 Å². The van der Waals surface area contributed by atoms with E-state index in [4.69, 9.17) is 5.73 Å².